The van der Waals surface area contributed by atoms with Crippen molar-refractivity contribution in [1.29, 1.82) is 0 Å². The van der Waals surface area contributed by atoms with E-state index in [2.05, 4.69) is 10.6 Å². The highest BCUT2D eigenvalue weighted by atomic mass is 32.1. The monoisotopic (exact) mass is 283 g/mol. The molecule has 0 unspecified atom stereocenters. The molecule has 2 aliphatic rings. The van der Waals surface area contributed by atoms with E-state index in [1.54, 1.807) is 0 Å². The normalized spacial score (nSPS) is 20.9. The van der Waals surface area contributed by atoms with Crippen molar-refractivity contribution < 1.29 is 4.79 Å². The van der Waals surface area contributed by atoms with Gasteiger partial charge in [0.2, 0.25) is 5.91 Å². The highest BCUT2D eigenvalue weighted by Crippen LogP contribution is 2.17. The average molecular weight is 283 g/mol. The molecule has 0 radical (unpaired) electrons. The Bertz CT molecular complexity index is 310. The SMILES string of the molecule is O=C(CNC(=S)NC1CCCCC1)N1CCCCC1. The lowest BCUT2D eigenvalue weighted by molar-refractivity contribution is -0.130. The van der Waals surface area contributed by atoms with Crippen molar-refractivity contribution in [1.82, 2.24) is 15.5 Å². The summed E-state index contributed by atoms with van der Waals surface area (Å²) in [5, 5.41) is 7.02. The minimum absolute atomic E-state index is 0.174. The lowest BCUT2D eigenvalue weighted by Crippen LogP contribution is -2.47. The van der Waals surface area contributed by atoms with Crippen molar-refractivity contribution in [3.05, 3.63) is 0 Å². The molecule has 1 aliphatic carbocycles. The second kappa shape index (κ2) is 7.68. The zero-order valence-electron chi connectivity index (χ0n) is 11.6. The fourth-order valence-corrected chi connectivity index (χ4v) is 3.13. The van der Waals surface area contributed by atoms with Gasteiger partial charge >= 0.3 is 0 Å². The molecular formula is C14H25N3OS. The van der Waals surface area contributed by atoms with E-state index in [1.165, 1.54) is 38.5 Å². The van der Waals surface area contributed by atoms with Gasteiger partial charge in [0, 0.05) is 19.1 Å². The van der Waals surface area contributed by atoms with Crippen molar-refractivity contribution in [2.75, 3.05) is 19.6 Å². The average Bonchev–Trinajstić information content (AvgIpc) is 2.47. The van der Waals surface area contributed by atoms with Crippen LogP contribution in [0.3, 0.4) is 0 Å². The zero-order valence-corrected chi connectivity index (χ0v) is 12.4. The summed E-state index contributed by atoms with van der Waals surface area (Å²) in [5.41, 5.74) is 0. The van der Waals surface area contributed by atoms with E-state index in [9.17, 15) is 4.79 Å². The summed E-state index contributed by atoms with van der Waals surface area (Å²) in [6.07, 6.45) is 9.82. The summed E-state index contributed by atoms with van der Waals surface area (Å²) in [6.45, 7) is 2.14. The summed E-state index contributed by atoms with van der Waals surface area (Å²) in [6, 6.07) is 0.499. The van der Waals surface area contributed by atoms with E-state index in [4.69, 9.17) is 12.2 Å². The van der Waals surface area contributed by atoms with Gasteiger partial charge in [0.05, 0.1) is 6.54 Å². The van der Waals surface area contributed by atoms with Gasteiger partial charge in [-0.2, -0.15) is 0 Å². The number of hydrogen-bond donors (Lipinski definition) is 2. The van der Waals surface area contributed by atoms with Crippen LogP contribution in [0.25, 0.3) is 0 Å². The van der Waals surface area contributed by atoms with Crippen LogP contribution in [0.2, 0.25) is 0 Å². The minimum Gasteiger partial charge on any atom is -0.360 e. The van der Waals surface area contributed by atoms with Gasteiger partial charge in [0.25, 0.3) is 0 Å². The molecule has 108 valence electrons. The van der Waals surface area contributed by atoms with Gasteiger partial charge in [-0.15, -0.1) is 0 Å². The summed E-state index contributed by atoms with van der Waals surface area (Å²) in [4.78, 5) is 13.9. The van der Waals surface area contributed by atoms with E-state index >= 15 is 0 Å². The van der Waals surface area contributed by atoms with Crippen LogP contribution in [-0.4, -0.2) is 41.6 Å². The molecule has 2 fully saturated rings. The Hall–Kier alpha value is -0.840. The standard InChI is InChI=1S/C14H25N3OS/c18-13(17-9-5-2-6-10-17)11-15-14(19)16-12-7-3-1-4-8-12/h12H,1-11H2,(H2,15,16,19). The highest BCUT2D eigenvalue weighted by molar-refractivity contribution is 7.80. The summed E-state index contributed by atoms with van der Waals surface area (Å²) < 4.78 is 0. The van der Waals surface area contributed by atoms with Crippen LogP contribution in [0.4, 0.5) is 0 Å². The number of thiocarbonyl (C=S) groups is 1. The van der Waals surface area contributed by atoms with Gasteiger partial charge < -0.3 is 15.5 Å². The lowest BCUT2D eigenvalue weighted by atomic mass is 9.96. The van der Waals surface area contributed by atoms with Crippen LogP contribution in [0.1, 0.15) is 51.4 Å². The minimum atomic E-state index is 0.174. The van der Waals surface area contributed by atoms with Gasteiger partial charge in [-0.05, 0) is 44.3 Å². The summed E-state index contributed by atoms with van der Waals surface area (Å²) in [7, 11) is 0. The first kappa shape index (κ1) is 14.6. The Morgan fingerprint density at radius 1 is 1.05 bits per heavy atom. The van der Waals surface area contributed by atoms with Crippen LogP contribution >= 0.6 is 12.2 Å². The smallest absolute Gasteiger partial charge is 0.241 e. The summed E-state index contributed by atoms with van der Waals surface area (Å²) in [5.74, 6) is 0.174. The van der Waals surface area contributed by atoms with Crippen LogP contribution in [0, 0.1) is 0 Å². The Balaban J connectivity index is 1.63. The Labute approximate surface area is 121 Å². The number of piperidine rings is 1. The van der Waals surface area contributed by atoms with Crippen LogP contribution in [-0.2, 0) is 4.79 Å². The molecule has 2 rings (SSSR count). The number of nitrogens with zero attached hydrogens (tertiary/aromatic N) is 1. The molecule has 0 atom stereocenters. The van der Waals surface area contributed by atoms with Gasteiger partial charge in [-0.1, -0.05) is 19.3 Å². The van der Waals surface area contributed by atoms with Crippen molar-refractivity contribution in [3.63, 3.8) is 0 Å². The number of rotatable bonds is 3. The molecule has 1 amide bonds. The Morgan fingerprint density at radius 3 is 2.37 bits per heavy atom. The molecule has 1 heterocycles. The first-order valence-electron chi connectivity index (χ1n) is 7.58. The van der Waals surface area contributed by atoms with Gasteiger partial charge in [-0.3, -0.25) is 4.79 Å². The van der Waals surface area contributed by atoms with Crippen molar-refractivity contribution in [3.8, 4) is 0 Å². The molecule has 1 aliphatic heterocycles. The zero-order chi connectivity index (χ0) is 13.5. The molecule has 5 heteroatoms. The molecule has 0 aromatic carbocycles. The van der Waals surface area contributed by atoms with Crippen LogP contribution in [0.5, 0.6) is 0 Å². The molecule has 4 nitrogen and oxygen atoms in total. The molecule has 0 aromatic rings. The van der Waals surface area contributed by atoms with Gasteiger partial charge in [0.15, 0.2) is 5.11 Å². The molecular weight excluding hydrogens is 258 g/mol. The summed E-state index contributed by atoms with van der Waals surface area (Å²) >= 11 is 5.26. The maximum absolute atomic E-state index is 12.0. The third-order valence-corrected chi connectivity index (χ3v) is 4.31. The number of amides is 1. The fraction of sp³-hybridized carbons (Fsp3) is 0.857. The first-order chi connectivity index (χ1) is 9.25. The maximum atomic E-state index is 12.0. The number of nitrogens with one attached hydrogen (secondary N) is 2. The van der Waals surface area contributed by atoms with E-state index in [0.29, 0.717) is 17.7 Å². The van der Waals surface area contributed by atoms with E-state index < -0.39 is 0 Å². The third kappa shape index (κ3) is 4.97. The topological polar surface area (TPSA) is 44.4 Å². The molecule has 0 spiro atoms. The number of likely N-dealkylation sites (tertiary alicyclic amines) is 1. The Kier molecular flexibility index (Phi) is 5.89. The van der Waals surface area contributed by atoms with Gasteiger partial charge in [0.1, 0.15) is 0 Å². The fourth-order valence-electron chi connectivity index (χ4n) is 2.89. The second-order valence-corrected chi connectivity index (χ2v) is 6.01. The Morgan fingerprint density at radius 2 is 1.68 bits per heavy atom. The highest BCUT2D eigenvalue weighted by Gasteiger charge is 2.17. The quantitative estimate of drug-likeness (QED) is 0.775. The second-order valence-electron chi connectivity index (χ2n) is 5.60. The van der Waals surface area contributed by atoms with E-state index in [0.717, 1.165) is 25.9 Å². The van der Waals surface area contributed by atoms with E-state index in [-0.39, 0.29) is 5.91 Å². The van der Waals surface area contributed by atoms with Crippen LogP contribution < -0.4 is 10.6 Å². The number of carbonyl (C=O) groups is 1. The van der Waals surface area contributed by atoms with Crippen LogP contribution in [0.15, 0.2) is 0 Å². The number of hydrogen-bond acceptors (Lipinski definition) is 2. The molecule has 0 aromatic heterocycles. The maximum Gasteiger partial charge on any atom is 0.241 e. The molecule has 1 saturated heterocycles. The molecule has 2 N–H and O–H groups in total. The lowest BCUT2D eigenvalue weighted by Gasteiger charge is -2.28. The predicted octanol–water partition coefficient (Wildman–Crippen LogP) is 1.80. The predicted molar refractivity (Wildman–Crippen MR) is 81.0 cm³/mol. The first-order valence-corrected chi connectivity index (χ1v) is 7.98. The van der Waals surface area contributed by atoms with Crippen molar-refractivity contribution in [2.45, 2.75) is 57.4 Å². The van der Waals surface area contributed by atoms with Gasteiger partial charge in [-0.25, -0.2) is 0 Å². The molecule has 0 bridgehead atoms. The van der Waals surface area contributed by atoms with Crippen molar-refractivity contribution >= 4 is 23.2 Å². The largest absolute Gasteiger partial charge is 0.360 e. The molecule has 19 heavy (non-hydrogen) atoms. The number of carbonyl (C=O) groups excluding carboxylic acids is 1. The van der Waals surface area contributed by atoms with E-state index in [1.807, 2.05) is 4.90 Å². The van der Waals surface area contributed by atoms with Crippen molar-refractivity contribution in [2.24, 2.45) is 0 Å². The third-order valence-electron chi connectivity index (χ3n) is 4.05. The molecule has 1 saturated carbocycles.